The van der Waals surface area contributed by atoms with Crippen molar-refractivity contribution in [3.05, 3.63) is 70.4 Å². The van der Waals surface area contributed by atoms with Gasteiger partial charge >= 0.3 is 0 Å². The lowest BCUT2D eigenvalue weighted by atomic mass is 10.1. The number of carbonyl (C=O) groups excluding carboxylic acids is 1. The van der Waals surface area contributed by atoms with E-state index in [2.05, 4.69) is 25.4 Å². The summed E-state index contributed by atoms with van der Waals surface area (Å²) in [4.78, 5) is 31.3. The maximum absolute atomic E-state index is 12.8. The number of amides is 1. The lowest BCUT2D eigenvalue weighted by Crippen LogP contribution is -2.44. The van der Waals surface area contributed by atoms with E-state index in [1.165, 1.54) is 0 Å². The Morgan fingerprint density at radius 2 is 1.96 bits per heavy atom. The summed E-state index contributed by atoms with van der Waals surface area (Å²) in [6.45, 7) is 3.30. The van der Waals surface area contributed by atoms with Crippen LogP contribution in [0.1, 0.15) is 22.1 Å². The third kappa shape index (κ3) is 3.78. The van der Waals surface area contributed by atoms with Crippen LogP contribution in [0.2, 0.25) is 0 Å². The number of fused-ring (bicyclic) bond motifs is 1. The van der Waals surface area contributed by atoms with Crippen molar-refractivity contribution in [2.45, 2.75) is 6.04 Å². The molecule has 1 atom stereocenters. The molecule has 0 bridgehead atoms. The molecule has 4 rings (SSSR count). The van der Waals surface area contributed by atoms with Crippen molar-refractivity contribution in [3.63, 3.8) is 0 Å². The van der Waals surface area contributed by atoms with E-state index in [0.29, 0.717) is 30.5 Å². The number of rotatable bonds is 5. The van der Waals surface area contributed by atoms with Crippen LogP contribution in [0.5, 0.6) is 0 Å². The fourth-order valence-corrected chi connectivity index (χ4v) is 3.48. The Hall–Kier alpha value is -3.10. The Morgan fingerprint density at radius 3 is 2.71 bits per heavy atom. The highest BCUT2D eigenvalue weighted by molar-refractivity contribution is 6.04. The summed E-state index contributed by atoms with van der Waals surface area (Å²) < 4.78 is 5.45. The molecule has 3 aromatic rings. The Labute approximate surface area is 161 Å². The number of pyridine rings is 1. The molecule has 1 aromatic carbocycles. The van der Waals surface area contributed by atoms with E-state index in [1.807, 2.05) is 18.3 Å². The van der Waals surface area contributed by atoms with Crippen molar-refractivity contribution >= 4 is 16.7 Å². The van der Waals surface area contributed by atoms with Gasteiger partial charge in [-0.1, -0.05) is 24.3 Å². The molecule has 0 spiro atoms. The molecular weight excluding hydrogens is 358 g/mol. The van der Waals surface area contributed by atoms with Crippen LogP contribution in [0.3, 0.4) is 0 Å². The summed E-state index contributed by atoms with van der Waals surface area (Å²) in [6.07, 6.45) is 3.55. The van der Waals surface area contributed by atoms with E-state index in [4.69, 9.17) is 4.74 Å². The van der Waals surface area contributed by atoms with Crippen molar-refractivity contribution in [2.24, 2.45) is 0 Å². The molecule has 2 N–H and O–H groups in total. The molecule has 3 heterocycles. The lowest BCUT2D eigenvalue weighted by Gasteiger charge is -2.34. The Balaban J connectivity index is 1.56. The summed E-state index contributed by atoms with van der Waals surface area (Å²) >= 11 is 0. The van der Waals surface area contributed by atoms with Crippen LogP contribution < -0.4 is 10.9 Å². The van der Waals surface area contributed by atoms with E-state index in [0.717, 1.165) is 18.7 Å². The second kappa shape index (κ2) is 8.28. The van der Waals surface area contributed by atoms with Crippen LogP contribution >= 0.6 is 0 Å². The highest BCUT2D eigenvalue weighted by Crippen LogP contribution is 2.21. The van der Waals surface area contributed by atoms with Crippen molar-refractivity contribution in [3.8, 4) is 0 Å². The quantitative estimate of drug-likeness (QED) is 0.689. The van der Waals surface area contributed by atoms with Gasteiger partial charge in [-0.3, -0.25) is 19.5 Å². The summed E-state index contributed by atoms with van der Waals surface area (Å²) in [5, 5.41) is 10.3. The molecule has 1 aliphatic rings. The van der Waals surface area contributed by atoms with Gasteiger partial charge in [-0.2, -0.15) is 5.10 Å². The molecule has 8 nitrogen and oxygen atoms in total. The number of nitrogens with zero attached hydrogens (tertiary/aromatic N) is 3. The molecule has 0 radical (unpaired) electrons. The van der Waals surface area contributed by atoms with E-state index in [9.17, 15) is 9.59 Å². The summed E-state index contributed by atoms with van der Waals surface area (Å²) in [5.41, 5.74) is 0.930. The van der Waals surface area contributed by atoms with Crippen molar-refractivity contribution in [1.29, 1.82) is 0 Å². The van der Waals surface area contributed by atoms with E-state index >= 15 is 0 Å². The molecule has 144 valence electrons. The average molecular weight is 379 g/mol. The van der Waals surface area contributed by atoms with Gasteiger partial charge in [0, 0.05) is 37.4 Å². The third-order valence-electron chi connectivity index (χ3n) is 4.92. The van der Waals surface area contributed by atoms with E-state index < -0.39 is 0 Å². The third-order valence-corrected chi connectivity index (χ3v) is 4.92. The van der Waals surface area contributed by atoms with Crippen molar-refractivity contribution < 1.29 is 9.53 Å². The number of H-pyrrole nitrogens is 1. The Morgan fingerprint density at radius 1 is 1.18 bits per heavy atom. The fourth-order valence-electron chi connectivity index (χ4n) is 3.48. The number of benzene rings is 1. The number of aromatic amines is 1. The molecule has 1 amide bonds. The fraction of sp³-hybridized carbons (Fsp3) is 0.300. The van der Waals surface area contributed by atoms with Crippen LogP contribution in [-0.4, -0.2) is 58.8 Å². The van der Waals surface area contributed by atoms with Gasteiger partial charge in [0.05, 0.1) is 24.6 Å². The number of ether oxygens (including phenoxy) is 1. The SMILES string of the molecule is O=C(NCC(c1cccnc1)N1CCOCC1)c1n[nH]c(=O)c2ccccc12. The predicted molar refractivity (Wildman–Crippen MR) is 104 cm³/mol. The second-order valence-corrected chi connectivity index (χ2v) is 6.61. The minimum Gasteiger partial charge on any atom is -0.379 e. The van der Waals surface area contributed by atoms with Gasteiger partial charge in [-0.15, -0.1) is 0 Å². The molecule has 2 aromatic heterocycles. The lowest BCUT2D eigenvalue weighted by molar-refractivity contribution is 0.0161. The summed E-state index contributed by atoms with van der Waals surface area (Å²) in [5.74, 6) is -0.324. The average Bonchev–Trinajstić information content (AvgIpc) is 2.76. The first-order valence-corrected chi connectivity index (χ1v) is 9.21. The first-order chi connectivity index (χ1) is 13.7. The number of carbonyl (C=O) groups is 1. The monoisotopic (exact) mass is 379 g/mol. The first-order valence-electron chi connectivity index (χ1n) is 9.21. The van der Waals surface area contributed by atoms with Gasteiger partial charge in [0.25, 0.3) is 11.5 Å². The van der Waals surface area contributed by atoms with Crippen LogP contribution in [-0.2, 0) is 4.74 Å². The normalized spacial score (nSPS) is 16.0. The van der Waals surface area contributed by atoms with Gasteiger partial charge in [-0.05, 0) is 17.7 Å². The van der Waals surface area contributed by atoms with Gasteiger partial charge in [-0.25, -0.2) is 5.10 Å². The van der Waals surface area contributed by atoms with Crippen molar-refractivity contribution in [2.75, 3.05) is 32.8 Å². The molecule has 0 saturated carbocycles. The van der Waals surface area contributed by atoms with E-state index in [1.54, 1.807) is 30.5 Å². The molecule has 1 unspecified atom stereocenters. The smallest absolute Gasteiger partial charge is 0.272 e. The molecule has 8 heteroatoms. The number of nitrogens with one attached hydrogen (secondary N) is 2. The minimum absolute atomic E-state index is 0.0180. The van der Waals surface area contributed by atoms with Crippen LogP contribution in [0.15, 0.2) is 53.6 Å². The molecule has 1 saturated heterocycles. The number of hydrogen-bond donors (Lipinski definition) is 2. The standard InChI is InChI=1S/C20H21N5O3/c26-19-16-6-2-1-5-15(16)18(23-24-19)20(27)22-13-17(14-4-3-7-21-12-14)25-8-10-28-11-9-25/h1-7,12,17H,8-11,13H2,(H,22,27)(H,24,26). The molecule has 28 heavy (non-hydrogen) atoms. The zero-order chi connectivity index (χ0) is 19.3. The summed E-state index contributed by atoms with van der Waals surface area (Å²) in [7, 11) is 0. The van der Waals surface area contributed by atoms with Gasteiger partial charge < -0.3 is 10.1 Å². The van der Waals surface area contributed by atoms with E-state index in [-0.39, 0.29) is 23.2 Å². The zero-order valence-corrected chi connectivity index (χ0v) is 15.3. The van der Waals surface area contributed by atoms with Gasteiger partial charge in [0.2, 0.25) is 0 Å². The second-order valence-electron chi connectivity index (χ2n) is 6.61. The zero-order valence-electron chi connectivity index (χ0n) is 15.3. The molecule has 1 aliphatic heterocycles. The van der Waals surface area contributed by atoms with Gasteiger partial charge in [0.15, 0.2) is 5.69 Å². The summed E-state index contributed by atoms with van der Waals surface area (Å²) in [6, 6.07) is 10.8. The predicted octanol–water partition coefficient (Wildman–Crippen LogP) is 1.12. The van der Waals surface area contributed by atoms with Crippen LogP contribution in [0.4, 0.5) is 0 Å². The topological polar surface area (TPSA) is 100 Å². The number of aromatic nitrogens is 3. The Kier molecular flexibility index (Phi) is 5.41. The Bertz CT molecular complexity index is 1020. The first kappa shape index (κ1) is 18.3. The van der Waals surface area contributed by atoms with Crippen molar-refractivity contribution in [1.82, 2.24) is 25.4 Å². The highest BCUT2D eigenvalue weighted by atomic mass is 16.5. The molecule has 0 aliphatic carbocycles. The molecule has 1 fully saturated rings. The molecular formula is C20H21N5O3. The van der Waals surface area contributed by atoms with Gasteiger partial charge in [0.1, 0.15) is 0 Å². The number of hydrogen-bond acceptors (Lipinski definition) is 6. The van der Waals surface area contributed by atoms with Crippen LogP contribution in [0.25, 0.3) is 10.8 Å². The minimum atomic E-state index is -0.324. The highest BCUT2D eigenvalue weighted by Gasteiger charge is 2.24. The van der Waals surface area contributed by atoms with Crippen LogP contribution in [0, 0.1) is 0 Å². The maximum Gasteiger partial charge on any atom is 0.272 e. The largest absolute Gasteiger partial charge is 0.379 e. The number of morpholine rings is 1. The maximum atomic E-state index is 12.8.